The minimum atomic E-state index is -0.341. The maximum absolute atomic E-state index is 13.1. The Morgan fingerprint density at radius 2 is 1.82 bits per heavy atom. The number of benzene rings is 2. The molecule has 1 aliphatic heterocycles. The van der Waals surface area contributed by atoms with E-state index < -0.39 is 0 Å². The number of aromatic nitrogens is 1. The highest BCUT2D eigenvalue weighted by Crippen LogP contribution is 2.35. The fourth-order valence-electron chi connectivity index (χ4n) is 3.94. The number of amidine groups is 1. The van der Waals surface area contributed by atoms with Gasteiger partial charge in [-0.25, -0.2) is 9.79 Å². The van der Waals surface area contributed by atoms with Crippen LogP contribution in [0, 0.1) is 13.8 Å². The minimum absolute atomic E-state index is 0.0451. The van der Waals surface area contributed by atoms with Gasteiger partial charge in [0.2, 0.25) is 0 Å². The molecule has 1 fully saturated rings. The standard InChI is InChI=1S/C27H27N3O3S/c1-5-29-25(31)24(34-27(29)28-22-12-8-7-9-13-22)17-21-15-18(3)30(19(21)4)23-14-10-11-20(16-23)26(32)33-6-2/h7-17H,5-6H2,1-4H3/b24-17-,28-27?. The zero-order valence-corrected chi connectivity index (χ0v) is 20.6. The third kappa shape index (κ3) is 4.70. The van der Waals surface area contributed by atoms with Crippen molar-refractivity contribution in [2.45, 2.75) is 27.7 Å². The predicted octanol–water partition coefficient (Wildman–Crippen LogP) is 5.89. The van der Waals surface area contributed by atoms with Gasteiger partial charge in [0.1, 0.15) is 0 Å². The normalized spacial score (nSPS) is 16.0. The maximum Gasteiger partial charge on any atom is 0.338 e. The largest absolute Gasteiger partial charge is 0.462 e. The van der Waals surface area contributed by atoms with E-state index in [9.17, 15) is 9.59 Å². The number of likely N-dealkylation sites (N-methyl/N-ethyl adjacent to an activating group) is 1. The van der Waals surface area contributed by atoms with Crippen LogP contribution in [-0.2, 0) is 9.53 Å². The molecular weight excluding hydrogens is 446 g/mol. The number of carbonyl (C=O) groups excluding carboxylic acids is 2. The molecule has 0 N–H and O–H groups in total. The summed E-state index contributed by atoms with van der Waals surface area (Å²) >= 11 is 1.39. The molecule has 0 saturated carbocycles. The van der Waals surface area contributed by atoms with Crippen LogP contribution in [-0.4, -0.2) is 39.7 Å². The van der Waals surface area contributed by atoms with Gasteiger partial charge in [-0.3, -0.25) is 9.69 Å². The molecular formula is C27H27N3O3S. The van der Waals surface area contributed by atoms with Gasteiger partial charge in [-0.05, 0) is 87.5 Å². The monoisotopic (exact) mass is 473 g/mol. The average molecular weight is 474 g/mol. The molecule has 1 aromatic heterocycles. The lowest BCUT2D eigenvalue weighted by Crippen LogP contribution is -2.28. The summed E-state index contributed by atoms with van der Waals surface area (Å²) in [6.45, 7) is 8.64. The van der Waals surface area contributed by atoms with Crippen molar-refractivity contribution in [1.29, 1.82) is 0 Å². The number of aryl methyl sites for hydroxylation is 1. The quantitative estimate of drug-likeness (QED) is 0.331. The van der Waals surface area contributed by atoms with E-state index in [4.69, 9.17) is 4.74 Å². The van der Waals surface area contributed by atoms with E-state index in [0.717, 1.165) is 28.3 Å². The van der Waals surface area contributed by atoms with Crippen molar-refractivity contribution in [2.24, 2.45) is 4.99 Å². The summed E-state index contributed by atoms with van der Waals surface area (Å²) in [5.41, 5.74) is 5.14. The number of aliphatic imine (C=N–C) groups is 1. The van der Waals surface area contributed by atoms with Gasteiger partial charge in [0.15, 0.2) is 5.17 Å². The Balaban J connectivity index is 1.68. The second kappa shape index (κ2) is 10.1. The molecule has 2 aromatic carbocycles. The zero-order chi connectivity index (χ0) is 24.2. The molecule has 0 aliphatic carbocycles. The number of amides is 1. The van der Waals surface area contributed by atoms with Crippen molar-refractivity contribution < 1.29 is 14.3 Å². The lowest BCUT2D eigenvalue weighted by molar-refractivity contribution is -0.122. The van der Waals surface area contributed by atoms with Gasteiger partial charge in [-0.2, -0.15) is 0 Å². The molecule has 0 bridgehead atoms. The second-order valence-electron chi connectivity index (χ2n) is 7.82. The van der Waals surface area contributed by atoms with Crippen LogP contribution >= 0.6 is 11.8 Å². The van der Waals surface area contributed by atoms with Crippen molar-refractivity contribution in [3.63, 3.8) is 0 Å². The van der Waals surface area contributed by atoms with Crippen molar-refractivity contribution in [1.82, 2.24) is 9.47 Å². The third-order valence-corrected chi connectivity index (χ3v) is 6.56. The van der Waals surface area contributed by atoms with Gasteiger partial charge in [0, 0.05) is 23.6 Å². The molecule has 0 radical (unpaired) electrons. The first-order valence-corrected chi connectivity index (χ1v) is 12.1. The van der Waals surface area contributed by atoms with E-state index in [1.807, 2.05) is 75.4 Å². The molecule has 6 nitrogen and oxygen atoms in total. The van der Waals surface area contributed by atoms with Crippen molar-refractivity contribution in [2.75, 3.05) is 13.2 Å². The van der Waals surface area contributed by atoms with Gasteiger partial charge in [-0.1, -0.05) is 24.3 Å². The Kier molecular flexibility index (Phi) is 7.03. The van der Waals surface area contributed by atoms with Crippen molar-refractivity contribution >= 4 is 40.6 Å². The van der Waals surface area contributed by atoms with Gasteiger partial charge in [0.25, 0.3) is 5.91 Å². The molecule has 0 atom stereocenters. The van der Waals surface area contributed by atoms with E-state index in [1.54, 1.807) is 17.9 Å². The Bertz CT molecular complexity index is 1290. The van der Waals surface area contributed by atoms with Gasteiger partial charge < -0.3 is 9.30 Å². The fraction of sp³-hybridized carbons (Fsp3) is 0.222. The highest BCUT2D eigenvalue weighted by molar-refractivity contribution is 8.18. The van der Waals surface area contributed by atoms with Crippen LogP contribution in [0.2, 0.25) is 0 Å². The van der Waals surface area contributed by atoms with Crippen LogP contribution in [0.25, 0.3) is 11.8 Å². The molecule has 0 spiro atoms. The Morgan fingerprint density at radius 3 is 2.53 bits per heavy atom. The first kappa shape index (κ1) is 23.6. The number of esters is 1. The predicted molar refractivity (Wildman–Crippen MR) is 138 cm³/mol. The molecule has 1 amide bonds. The summed E-state index contributed by atoms with van der Waals surface area (Å²) in [5.74, 6) is -0.386. The molecule has 3 aromatic rings. The summed E-state index contributed by atoms with van der Waals surface area (Å²) in [5, 5.41) is 0.681. The SMILES string of the molecule is CCOC(=O)c1cccc(-n2c(C)cc(/C=C3\SC(=Nc4ccccc4)N(CC)C3=O)c2C)c1. The highest BCUT2D eigenvalue weighted by Gasteiger charge is 2.32. The van der Waals surface area contributed by atoms with Crippen LogP contribution in [0.1, 0.15) is 41.2 Å². The third-order valence-electron chi connectivity index (χ3n) is 5.56. The average Bonchev–Trinajstić information content (AvgIpc) is 3.28. The molecule has 1 aliphatic rings. The molecule has 7 heteroatoms. The van der Waals surface area contributed by atoms with E-state index in [2.05, 4.69) is 15.6 Å². The van der Waals surface area contributed by atoms with Crippen LogP contribution in [0.3, 0.4) is 0 Å². The first-order valence-electron chi connectivity index (χ1n) is 11.2. The number of para-hydroxylation sites is 1. The smallest absolute Gasteiger partial charge is 0.338 e. The Hall–Kier alpha value is -3.58. The number of carbonyl (C=O) groups is 2. The van der Waals surface area contributed by atoms with Crippen LogP contribution < -0.4 is 0 Å². The second-order valence-corrected chi connectivity index (χ2v) is 8.83. The zero-order valence-electron chi connectivity index (χ0n) is 19.7. The number of rotatable bonds is 6. The topological polar surface area (TPSA) is 63.9 Å². The van der Waals surface area contributed by atoms with Crippen LogP contribution in [0.4, 0.5) is 5.69 Å². The molecule has 4 rings (SSSR count). The number of hydrogen-bond donors (Lipinski definition) is 0. The molecule has 34 heavy (non-hydrogen) atoms. The number of nitrogens with zero attached hydrogens (tertiary/aromatic N) is 3. The van der Waals surface area contributed by atoms with Crippen molar-refractivity contribution in [3.05, 3.63) is 88.1 Å². The van der Waals surface area contributed by atoms with Gasteiger partial charge in [-0.15, -0.1) is 0 Å². The maximum atomic E-state index is 13.1. The first-order chi connectivity index (χ1) is 16.4. The number of thioether (sulfide) groups is 1. The summed E-state index contributed by atoms with van der Waals surface area (Å²) in [6.07, 6.45) is 1.93. The molecule has 1 saturated heterocycles. The summed E-state index contributed by atoms with van der Waals surface area (Å²) in [6, 6.07) is 19.1. The van der Waals surface area contributed by atoms with E-state index in [-0.39, 0.29) is 11.9 Å². The van der Waals surface area contributed by atoms with Crippen molar-refractivity contribution in [3.8, 4) is 5.69 Å². The minimum Gasteiger partial charge on any atom is -0.462 e. The van der Waals surface area contributed by atoms with E-state index in [1.165, 1.54) is 11.8 Å². The van der Waals surface area contributed by atoms with E-state index in [0.29, 0.717) is 28.8 Å². The lowest BCUT2D eigenvalue weighted by Gasteiger charge is -2.12. The molecule has 174 valence electrons. The van der Waals surface area contributed by atoms with Gasteiger partial charge in [0.05, 0.1) is 22.8 Å². The number of ether oxygens (including phenoxy) is 1. The highest BCUT2D eigenvalue weighted by atomic mass is 32.2. The van der Waals surface area contributed by atoms with Crippen LogP contribution in [0.15, 0.2) is 70.6 Å². The summed E-state index contributed by atoms with van der Waals surface area (Å²) in [7, 11) is 0. The summed E-state index contributed by atoms with van der Waals surface area (Å²) in [4.78, 5) is 32.3. The summed E-state index contributed by atoms with van der Waals surface area (Å²) < 4.78 is 7.22. The molecule has 2 heterocycles. The fourth-order valence-corrected chi connectivity index (χ4v) is 5.00. The Morgan fingerprint density at radius 1 is 1.06 bits per heavy atom. The van der Waals surface area contributed by atoms with Gasteiger partial charge >= 0.3 is 5.97 Å². The lowest BCUT2D eigenvalue weighted by atomic mass is 10.2. The van der Waals surface area contributed by atoms with Crippen LogP contribution in [0.5, 0.6) is 0 Å². The number of hydrogen-bond acceptors (Lipinski definition) is 5. The van der Waals surface area contributed by atoms with E-state index >= 15 is 0 Å². The molecule has 0 unspecified atom stereocenters. The Labute approximate surface area is 203 Å².